The van der Waals surface area contributed by atoms with Crippen molar-refractivity contribution in [3.8, 4) is 0 Å². The fourth-order valence-electron chi connectivity index (χ4n) is 2.62. The van der Waals surface area contributed by atoms with Crippen LogP contribution in [0.5, 0.6) is 0 Å². The Hall–Kier alpha value is 0.230. The Bertz CT molecular complexity index is 177. The van der Waals surface area contributed by atoms with Crippen molar-refractivity contribution < 1.29 is 5.11 Å². The first-order valence-electron chi connectivity index (χ1n) is 6.05. The Morgan fingerprint density at radius 2 is 2.33 bits per heavy atom. The molecule has 0 radical (unpaired) electrons. The molecule has 2 unspecified atom stereocenters. The molecule has 88 valence electrons. The van der Waals surface area contributed by atoms with Crippen LogP contribution in [0.1, 0.15) is 12.8 Å². The topological polar surface area (TPSA) is 35.5 Å². The van der Waals surface area contributed by atoms with Crippen LogP contribution in [0.2, 0.25) is 0 Å². The van der Waals surface area contributed by atoms with Crippen molar-refractivity contribution >= 4 is 11.8 Å². The second-order valence-electron chi connectivity index (χ2n) is 4.51. The third kappa shape index (κ3) is 3.09. The third-order valence-corrected chi connectivity index (χ3v) is 4.73. The largest absolute Gasteiger partial charge is 0.395 e. The lowest BCUT2D eigenvalue weighted by Gasteiger charge is -2.33. The fourth-order valence-corrected chi connectivity index (χ4v) is 3.94. The maximum atomic E-state index is 9.56. The number of aliphatic hydroxyl groups excluding tert-OH is 1. The van der Waals surface area contributed by atoms with Gasteiger partial charge in [0.15, 0.2) is 0 Å². The number of nitrogens with zero attached hydrogens (tertiary/aromatic N) is 1. The summed E-state index contributed by atoms with van der Waals surface area (Å²) in [6, 6.07) is 0.417. The van der Waals surface area contributed by atoms with E-state index in [0.29, 0.717) is 12.6 Å². The molecule has 2 N–H and O–H groups in total. The molecular formula is C11H22N2OS. The molecule has 0 aliphatic carbocycles. The molecule has 0 aromatic rings. The van der Waals surface area contributed by atoms with Crippen molar-refractivity contribution in [2.45, 2.75) is 18.9 Å². The second kappa shape index (κ2) is 6.09. The zero-order valence-corrected chi connectivity index (χ0v) is 10.1. The first kappa shape index (κ1) is 11.7. The lowest BCUT2D eigenvalue weighted by atomic mass is 9.98. The predicted octanol–water partition coefficient (Wildman–Crippen LogP) is 0.396. The van der Waals surface area contributed by atoms with Crippen molar-refractivity contribution in [1.29, 1.82) is 0 Å². The van der Waals surface area contributed by atoms with E-state index < -0.39 is 0 Å². The van der Waals surface area contributed by atoms with Gasteiger partial charge in [-0.1, -0.05) is 0 Å². The molecule has 3 nitrogen and oxygen atoms in total. The quantitative estimate of drug-likeness (QED) is 0.735. The molecule has 2 saturated heterocycles. The number of rotatable bonds is 3. The molecule has 4 heteroatoms. The van der Waals surface area contributed by atoms with Gasteiger partial charge in [0.25, 0.3) is 0 Å². The Morgan fingerprint density at radius 3 is 3.07 bits per heavy atom. The Kier molecular flexibility index (Phi) is 4.75. The summed E-state index contributed by atoms with van der Waals surface area (Å²) in [4.78, 5) is 2.50. The van der Waals surface area contributed by atoms with Crippen molar-refractivity contribution in [2.24, 2.45) is 5.92 Å². The van der Waals surface area contributed by atoms with Crippen molar-refractivity contribution in [3.63, 3.8) is 0 Å². The Morgan fingerprint density at radius 1 is 1.40 bits per heavy atom. The van der Waals surface area contributed by atoms with Gasteiger partial charge in [-0.05, 0) is 43.4 Å². The van der Waals surface area contributed by atoms with E-state index in [1.54, 1.807) is 0 Å². The normalized spacial score (nSPS) is 31.4. The van der Waals surface area contributed by atoms with Gasteiger partial charge in [-0.25, -0.2) is 0 Å². The molecule has 2 fully saturated rings. The van der Waals surface area contributed by atoms with Crippen molar-refractivity contribution in [2.75, 3.05) is 44.3 Å². The van der Waals surface area contributed by atoms with Crippen LogP contribution < -0.4 is 5.32 Å². The van der Waals surface area contributed by atoms with Crippen LogP contribution in [0.15, 0.2) is 0 Å². The summed E-state index contributed by atoms with van der Waals surface area (Å²) in [5, 5.41) is 13.0. The van der Waals surface area contributed by atoms with E-state index in [-0.39, 0.29) is 0 Å². The van der Waals surface area contributed by atoms with Gasteiger partial charge in [0.2, 0.25) is 0 Å². The number of hydrogen-bond donors (Lipinski definition) is 2. The van der Waals surface area contributed by atoms with E-state index in [2.05, 4.69) is 10.2 Å². The van der Waals surface area contributed by atoms with E-state index in [1.807, 2.05) is 11.8 Å². The maximum Gasteiger partial charge on any atom is 0.0589 e. The van der Waals surface area contributed by atoms with E-state index in [0.717, 1.165) is 32.1 Å². The third-order valence-electron chi connectivity index (χ3n) is 3.54. The Balaban J connectivity index is 1.91. The maximum absolute atomic E-state index is 9.56. The molecule has 0 aromatic carbocycles. The summed E-state index contributed by atoms with van der Waals surface area (Å²) in [5.74, 6) is 3.25. The molecule has 2 rings (SSSR count). The number of hydrogen-bond acceptors (Lipinski definition) is 4. The SMILES string of the molecule is OCC(C1CCSC1)N1CCCNCC1. The molecular weight excluding hydrogens is 208 g/mol. The molecule has 2 aliphatic heterocycles. The van der Waals surface area contributed by atoms with Gasteiger partial charge in [0.1, 0.15) is 0 Å². The number of aliphatic hydroxyl groups is 1. The van der Waals surface area contributed by atoms with Gasteiger partial charge in [-0.15, -0.1) is 0 Å². The van der Waals surface area contributed by atoms with Crippen LogP contribution in [0.3, 0.4) is 0 Å². The average Bonchev–Trinajstić information content (AvgIpc) is 2.63. The minimum absolute atomic E-state index is 0.339. The van der Waals surface area contributed by atoms with Crippen LogP contribution in [-0.4, -0.2) is 60.3 Å². The molecule has 0 saturated carbocycles. The summed E-state index contributed by atoms with van der Waals surface area (Å²) in [5.41, 5.74) is 0. The molecule has 2 aliphatic rings. The average molecular weight is 230 g/mol. The first-order chi connectivity index (χ1) is 7.42. The zero-order chi connectivity index (χ0) is 10.5. The van der Waals surface area contributed by atoms with E-state index in [9.17, 15) is 5.11 Å². The number of nitrogens with one attached hydrogen (secondary N) is 1. The molecule has 2 heterocycles. The lowest BCUT2D eigenvalue weighted by molar-refractivity contribution is 0.0930. The van der Waals surface area contributed by atoms with Gasteiger partial charge in [-0.2, -0.15) is 11.8 Å². The molecule has 0 amide bonds. The summed E-state index contributed by atoms with van der Waals surface area (Å²) >= 11 is 2.04. The molecule has 2 atom stereocenters. The highest BCUT2D eigenvalue weighted by molar-refractivity contribution is 7.99. The molecule has 0 spiro atoms. The highest BCUT2D eigenvalue weighted by Gasteiger charge is 2.29. The van der Waals surface area contributed by atoms with E-state index in [1.165, 1.54) is 24.3 Å². The monoisotopic (exact) mass is 230 g/mol. The van der Waals surface area contributed by atoms with Crippen LogP contribution in [0.4, 0.5) is 0 Å². The van der Waals surface area contributed by atoms with Crippen LogP contribution >= 0.6 is 11.8 Å². The number of thioether (sulfide) groups is 1. The highest BCUT2D eigenvalue weighted by Crippen LogP contribution is 2.28. The van der Waals surface area contributed by atoms with Crippen molar-refractivity contribution in [3.05, 3.63) is 0 Å². The van der Waals surface area contributed by atoms with Gasteiger partial charge in [0.05, 0.1) is 6.61 Å². The first-order valence-corrected chi connectivity index (χ1v) is 7.20. The van der Waals surface area contributed by atoms with Gasteiger partial charge < -0.3 is 10.4 Å². The summed E-state index contributed by atoms with van der Waals surface area (Å²) in [6.45, 7) is 4.81. The smallest absolute Gasteiger partial charge is 0.0589 e. The van der Waals surface area contributed by atoms with Crippen LogP contribution in [0, 0.1) is 5.92 Å². The van der Waals surface area contributed by atoms with Crippen LogP contribution in [-0.2, 0) is 0 Å². The highest BCUT2D eigenvalue weighted by atomic mass is 32.2. The van der Waals surface area contributed by atoms with Crippen LogP contribution in [0.25, 0.3) is 0 Å². The van der Waals surface area contributed by atoms with E-state index in [4.69, 9.17) is 0 Å². The molecule has 15 heavy (non-hydrogen) atoms. The minimum atomic E-state index is 0.339. The van der Waals surface area contributed by atoms with Crippen molar-refractivity contribution in [1.82, 2.24) is 10.2 Å². The Labute approximate surface area is 96.6 Å². The summed E-state index contributed by atoms with van der Waals surface area (Å²) < 4.78 is 0. The fraction of sp³-hybridized carbons (Fsp3) is 1.00. The lowest BCUT2D eigenvalue weighted by Crippen LogP contribution is -2.45. The summed E-state index contributed by atoms with van der Waals surface area (Å²) in [6.07, 6.45) is 2.51. The summed E-state index contributed by atoms with van der Waals surface area (Å²) in [7, 11) is 0. The van der Waals surface area contributed by atoms with Gasteiger partial charge >= 0.3 is 0 Å². The zero-order valence-electron chi connectivity index (χ0n) is 9.32. The standard InChI is InChI=1S/C11H22N2OS/c14-8-11(10-2-7-15-9-10)13-5-1-3-12-4-6-13/h10-12,14H,1-9H2. The van der Waals surface area contributed by atoms with E-state index >= 15 is 0 Å². The van der Waals surface area contributed by atoms with Gasteiger partial charge in [0, 0.05) is 19.1 Å². The minimum Gasteiger partial charge on any atom is -0.395 e. The second-order valence-corrected chi connectivity index (χ2v) is 5.66. The predicted molar refractivity (Wildman–Crippen MR) is 65.4 cm³/mol. The molecule has 0 bridgehead atoms. The van der Waals surface area contributed by atoms with Gasteiger partial charge in [-0.3, -0.25) is 4.90 Å². The molecule has 0 aromatic heterocycles.